The lowest BCUT2D eigenvalue weighted by Gasteiger charge is -2.21. The predicted molar refractivity (Wildman–Crippen MR) is 157 cm³/mol. The molecule has 0 aliphatic carbocycles. The fourth-order valence-electron chi connectivity index (χ4n) is 4.33. The van der Waals surface area contributed by atoms with Crippen molar-refractivity contribution in [2.24, 2.45) is 0 Å². The van der Waals surface area contributed by atoms with Crippen molar-refractivity contribution in [2.75, 3.05) is 6.61 Å². The van der Waals surface area contributed by atoms with Gasteiger partial charge in [-0.1, -0.05) is 64.5 Å². The van der Waals surface area contributed by atoms with Gasteiger partial charge >= 0.3 is 18.1 Å². The molecule has 0 spiro atoms. The van der Waals surface area contributed by atoms with Gasteiger partial charge in [0.25, 0.3) is 0 Å². The van der Waals surface area contributed by atoms with Gasteiger partial charge in [0.1, 0.15) is 5.75 Å². The summed E-state index contributed by atoms with van der Waals surface area (Å²) >= 11 is 0. The molecule has 0 amide bonds. The van der Waals surface area contributed by atoms with E-state index in [1.807, 2.05) is 0 Å². The van der Waals surface area contributed by atoms with Crippen molar-refractivity contribution >= 4 is 11.9 Å². The Labute approximate surface area is 250 Å². The highest BCUT2D eigenvalue weighted by atomic mass is 19.4. The number of esters is 2. The molecule has 10 heteroatoms. The molecule has 2 aromatic carbocycles. The molecule has 0 saturated heterocycles. The van der Waals surface area contributed by atoms with Crippen LogP contribution in [0.1, 0.15) is 97.9 Å². The number of halogens is 3. The van der Waals surface area contributed by atoms with E-state index in [1.165, 1.54) is 50.8 Å². The van der Waals surface area contributed by atoms with Crippen molar-refractivity contribution in [1.82, 2.24) is 9.97 Å². The number of carbonyl (C=O) groups excluding carboxylic acids is 2. The number of unbranched alkanes of at least 4 members (excludes halogenated alkanes) is 6. The fraction of sp³-hybridized carbons (Fsp3) is 0.455. The Morgan fingerprint density at radius 3 is 2.09 bits per heavy atom. The van der Waals surface area contributed by atoms with Gasteiger partial charge in [-0.15, -0.1) is 0 Å². The van der Waals surface area contributed by atoms with E-state index in [1.54, 1.807) is 43.6 Å². The summed E-state index contributed by atoms with van der Waals surface area (Å²) in [4.78, 5) is 33.9. The van der Waals surface area contributed by atoms with Gasteiger partial charge < -0.3 is 14.2 Å². The van der Waals surface area contributed by atoms with Crippen molar-refractivity contribution in [3.63, 3.8) is 0 Å². The summed E-state index contributed by atoms with van der Waals surface area (Å²) < 4.78 is 55.7. The highest BCUT2D eigenvalue weighted by Gasteiger charge is 2.42. The zero-order valence-corrected chi connectivity index (χ0v) is 24.9. The standard InChI is InChI=1S/C33H39F3N2O5/c1-4-6-8-9-10-11-19-41-27-21-37-30(38-22-27)24-13-15-25(16-14-24)31(39)42-26-17-18-28(23(3)20-26)32(40)43-29(12-7-5-2)33(34,35)36/h13-18,20-22,29H,4-12,19H2,1-3H3/t29-/m0/s1. The summed E-state index contributed by atoms with van der Waals surface area (Å²) in [7, 11) is 0. The molecule has 0 aliphatic rings. The molecule has 3 rings (SSSR count). The quantitative estimate of drug-likeness (QED) is 0.0923. The number of benzene rings is 2. The average Bonchev–Trinajstić information content (AvgIpc) is 2.98. The van der Waals surface area contributed by atoms with Gasteiger partial charge in [0, 0.05) is 5.56 Å². The molecular weight excluding hydrogens is 561 g/mol. The maximum atomic E-state index is 13.3. The second kappa shape index (κ2) is 16.6. The predicted octanol–water partition coefficient (Wildman–Crippen LogP) is 8.69. The van der Waals surface area contributed by atoms with Crippen LogP contribution in [-0.2, 0) is 4.74 Å². The Morgan fingerprint density at radius 1 is 0.814 bits per heavy atom. The molecule has 0 unspecified atom stereocenters. The second-order valence-corrected chi connectivity index (χ2v) is 10.4. The van der Waals surface area contributed by atoms with E-state index in [-0.39, 0.29) is 29.7 Å². The molecule has 0 radical (unpaired) electrons. The summed E-state index contributed by atoms with van der Waals surface area (Å²) in [6.07, 6.45) is 4.03. The molecule has 232 valence electrons. The molecule has 0 fully saturated rings. The van der Waals surface area contributed by atoms with Crippen molar-refractivity contribution in [3.05, 3.63) is 71.5 Å². The molecule has 3 aromatic rings. The number of aromatic nitrogens is 2. The lowest BCUT2D eigenvalue weighted by molar-refractivity contribution is -0.206. The first kappa shape index (κ1) is 33.6. The number of carbonyl (C=O) groups is 2. The SMILES string of the molecule is CCCCCCCCOc1cnc(-c2ccc(C(=O)Oc3ccc(C(=O)O[C@@H](CCCC)C(F)(F)F)c(C)c3)cc2)nc1. The molecule has 0 saturated carbocycles. The van der Waals surface area contributed by atoms with Crippen molar-refractivity contribution in [1.29, 1.82) is 0 Å². The average molecular weight is 601 g/mol. The van der Waals surface area contributed by atoms with Crippen molar-refractivity contribution in [2.45, 2.75) is 90.8 Å². The first-order chi connectivity index (χ1) is 20.6. The van der Waals surface area contributed by atoms with Gasteiger partial charge in [-0.2, -0.15) is 13.2 Å². The summed E-state index contributed by atoms with van der Waals surface area (Å²) in [6.45, 7) is 6.10. The third-order valence-corrected chi connectivity index (χ3v) is 6.84. The highest BCUT2D eigenvalue weighted by Crippen LogP contribution is 2.29. The van der Waals surface area contributed by atoms with Crippen LogP contribution in [0.4, 0.5) is 13.2 Å². The second-order valence-electron chi connectivity index (χ2n) is 10.4. The van der Waals surface area contributed by atoms with Gasteiger partial charge in [0.2, 0.25) is 0 Å². The molecular formula is C33H39F3N2O5. The van der Waals surface area contributed by atoms with E-state index in [0.29, 0.717) is 35.7 Å². The van der Waals surface area contributed by atoms with Crippen LogP contribution in [-0.4, -0.2) is 40.8 Å². The number of ether oxygens (including phenoxy) is 3. The number of aryl methyl sites for hydroxylation is 1. The van der Waals surface area contributed by atoms with Crippen LogP contribution in [0.5, 0.6) is 11.5 Å². The Hall–Kier alpha value is -3.95. The van der Waals surface area contributed by atoms with Crippen LogP contribution < -0.4 is 9.47 Å². The molecule has 43 heavy (non-hydrogen) atoms. The normalized spacial score (nSPS) is 12.0. The van der Waals surface area contributed by atoms with Crippen LogP contribution in [0.3, 0.4) is 0 Å². The van der Waals surface area contributed by atoms with Gasteiger partial charge in [0.05, 0.1) is 30.1 Å². The molecule has 1 atom stereocenters. The molecule has 0 aliphatic heterocycles. The Bertz CT molecular complexity index is 1310. The van der Waals surface area contributed by atoms with E-state index in [0.717, 1.165) is 12.8 Å². The summed E-state index contributed by atoms with van der Waals surface area (Å²) in [5.41, 5.74) is 1.26. The van der Waals surface area contributed by atoms with E-state index < -0.39 is 24.2 Å². The minimum atomic E-state index is -4.65. The number of hydrogen-bond acceptors (Lipinski definition) is 7. The van der Waals surface area contributed by atoms with Gasteiger partial charge in [-0.25, -0.2) is 19.6 Å². The minimum absolute atomic E-state index is 0.0336. The van der Waals surface area contributed by atoms with Crippen LogP contribution in [0.25, 0.3) is 11.4 Å². The Morgan fingerprint density at radius 2 is 1.47 bits per heavy atom. The van der Waals surface area contributed by atoms with Crippen LogP contribution >= 0.6 is 0 Å². The number of rotatable bonds is 16. The fourth-order valence-corrected chi connectivity index (χ4v) is 4.33. The lowest BCUT2D eigenvalue weighted by Crippen LogP contribution is -2.34. The number of hydrogen-bond donors (Lipinski definition) is 0. The lowest BCUT2D eigenvalue weighted by atomic mass is 10.1. The van der Waals surface area contributed by atoms with Crippen LogP contribution in [0, 0.1) is 6.92 Å². The first-order valence-corrected chi connectivity index (χ1v) is 14.8. The van der Waals surface area contributed by atoms with Crippen LogP contribution in [0.15, 0.2) is 54.9 Å². The van der Waals surface area contributed by atoms with E-state index in [4.69, 9.17) is 14.2 Å². The molecule has 1 heterocycles. The van der Waals surface area contributed by atoms with Gasteiger partial charge in [0.15, 0.2) is 17.7 Å². The Kier molecular flexibility index (Phi) is 13.0. The summed E-state index contributed by atoms with van der Waals surface area (Å²) in [5, 5.41) is 0. The zero-order valence-electron chi connectivity index (χ0n) is 24.9. The number of nitrogens with zero attached hydrogens (tertiary/aromatic N) is 2. The third kappa shape index (κ3) is 10.7. The smallest absolute Gasteiger partial charge is 0.425 e. The van der Waals surface area contributed by atoms with E-state index in [2.05, 4.69) is 16.9 Å². The first-order valence-electron chi connectivity index (χ1n) is 14.8. The van der Waals surface area contributed by atoms with Gasteiger partial charge in [-0.05, 0) is 62.1 Å². The third-order valence-electron chi connectivity index (χ3n) is 6.84. The Balaban J connectivity index is 1.54. The monoisotopic (exact) mass is 600 g/mol. The van der Waals surface area contributed by atoms with Crippen LogP contribution in [0.2, 0.25) is 0 Å². The largest absolute Gasteiger partial charge is 0.490 e. The summed E-state index contributed by atoms with van der Waals surface area (Å²) in [5.74, 6) is -0.501. The molecule has 0 N–H and O–H groups in total. The molecule has 1 aromatic heterocycles. The maximum absolute atomic E-state index is 13.3. The van der Waals surface area contributed by atoms with Crippen molar-refractivity contribution in [3.8, 4) is 22.9 Å². The van der Waals surface area contributed by atoms with E-state index >= 15 is 0 Å². The zero-order chi connectivity index (χ0) is 31.2. The maximum Gasteiger partial charge on any atom is 0.425 e. The van der Waals surface area contributed by atoms with Gasteiger partial charge in [-0.3, -0.25) is 0 Å². The highest BCUT2D eigenvalue weighted by molar-refractivity contribution is 5.93. The number of alkyl halides is 3. The topological polar surface area (TPSA) is 87.6 Å². The van der Waals surface area contributed by atoms with E-state index in [9.17, 15) is 22.8 Å². The molecule has 0 bridgehead atoms. The summed E-state index contributed by atoms with van der Waals surface area (Å²) in [6, 6.07) is 10.6. The van der Waals surface area contributed by atoms with Crippen molar-refractivity contribution < 1.29 is 37.0 Å². The minimum Gasteiger partial charge on any atom is -0.490 e. The molecule has 7 nitrogen and oxygen atoms in total.